The van der Waals surface area contributed by atoms with E-state index in [0.29, 0.717) is 17.4 Å². The third-order valence-electron chi connectivity index (χ3n) is 2.84. The van der Waals surface area contributed by atoms with Crippen molar-refractivity contribution in [2.75, 3.05) is 6.61 Å². The van der Waals surface area contributed by atoms with E-state index in [0.717, 1.165) is 12.0 Å². The minimum Gasteiger partial charge on any atom is -0.492 e. The fourth-order valence-corrected chi connectivity index (χ4v) is 1.97. The Morgan fingerprint density at radius 2 is 2.00 bits per heavy atom. The van der Waals surface area contributed by atoms with Crippen LogP contribution in [0.2, 0.25) is 5.02 Å². The van der Waals surface area contributed by atoms with E-state index in [9.17, 15) is 5.11 Å². The first-order chi connectivity index (χ1) is 9.16. The Kier molecular flexibility index (Phi) is 4.77. The van der Waals surface area contributed by atoms with E-state index in [1.807, 2.05) is 18.2 Å². The molecule has 1 N–H and O–H groups in total. The first-order valence-corrected chi connectivity index (χ1v) is 6.54. The average Bonchev–Trinajstić information content (AvgIpc) is 2.41. The topological polar surface area (TPSA) is 42.4 Å². The highest BCUT2D eigenvalue weighted by Crippen LogP contribution is 2.27. The molecule has 0 aliphatic heterocycles. The molecule has 0 saturated heterocycles. The zero-order chi connectivity index (χ0) is 13.7. The largest absolute Gasteiger partial charge is 0.492 e. The predicted octanol–water partition coefficient (Wildman–Crippen LogP) is 3.41. The smallest absolute Gasteiger partial charge is 0.137 e. The van der Waals surface area contributed by atoms with Gasteiger partial charge in [0.05, 0.1) is 17.7 Å². The van der Waals surface area contributed by atoms with Gasteiger partial charge >= 0.3 is 0 Å². The van der Waals surface area contributed by atoms with Crippen molar-refractivity contribution in [2.45, 2.75) is 19.4 Å². The number of aliphatic hydroxyl groups is 1. The maximum absolute atomic E-state index is 9.46. The Morgan fingerprint density at radius 3 is 2.63 bits per heavy atom. The number of aromatic nitrogens is 1. The molecule has 1 unspecified atom stereocenters. The molecule has 1 aromatic carbocycles. The molecular weight excluding hydrogens is 262 g/mol. The zero-order valence-corrected chi connectivity index (χ0v) is 11.5. The first kappa shape index (κ1) is 13.8. The highest BCUT2D eigenvalue weighted by molar-refractivity contribution is 6.32. The van der Waals surface area contributed by atoms with E-state index in [-0.39, 0.29) is 0 Å². The van der Waals surface area contributed by atoms with Gasteiger partial charge < -0.3 is 9.84 Å². The van der Waals surface area contributed by atoms with Crippen LogP contribution in [0.4, 0.5) is 0 Å². The number of nitrogens with zero attached hydrogens (tertiary/aromatic N) is 1. The van der Waals surface area contributed by atoms with Crippen LogP contribution in [0.15, 0.2) is 42.7 Å². The zero-order valence-electron chi connectivity index (χ0n) is 10.7. The van der Waals surface area contributed by atoms with Crippen LogP contribution >= 0.6 is 11.6 Å². The van der Waals surface area contributed by atoms with E-state index in [2.05, 4.69) is 4.98 Å². The van der Waals surface area contributed by atoms with Crippen molar-refractivity contribution in [1.82, 2.24) is 4.98 Å². The van der Waals surface area contributed by atoms with Crippen molar-refractivity contribution in [2.24, 2.45) is 0 Å². The minimum atomic E-state index is -0.525. The van der Waals surface area contributed by atoms with Crippen molar-refractivity contribution in [1.29, 1.82) is 0 Å². The molecule has 19 heavy (non-hydrogen) atoms. The highest BCUT2D eigenvalue weighted by Gasteiger charge is 2.06. The predicted molar refractivity (Wildman–Crippen MR) is 75.5 cm³/mol. The summed E-state index contributed by atoms with van der Waals surface area (Å²) in [7, 11) is 0. The lowest BCUT2D eigenvalue weighted by Gasteiger charge is -2.10. The molecule has 1 heterocycles. The van der Waals surface area contributed by atoms with Gasteiger partial charge in [-0.1, -0.05) is 17.7 Å². The molecule has 2 aromatic rings. The molecule has 4 heteroatoms. The molecule has 100 valence electrons. The van der Waals surface area contributed by atoms with Crippen molar-refractivity contribution in [3.8, 4) is 5.75 Å². The first-order valence-electron chi connectivity index (χ1n) is 6.16. The maximum atomic E-state index is 9.46. The van der Waals surface area contributed by atoms with Crippen LogP contribution in [-0.4, -0.2) is 16.7 Å². The number of aliphatic hydroxyl groups excluding tert-OH is 1. The van der Waals surface area contributed by atoms with E-state index >= 15 is 0 Å². The van der Waals surface area contributed by atoms with Crippen LogP contribution in [0, 0.1) is 0 Å². The van der Waals surface area contributed by atoms with Crippen molar-refractivity contribution < 1.29 is 9.84 Å². The summed E-state index contributed by atoms with van der Waals surface area (Å²) in [5.41, 5.74) is 1.96. The second-order valence-corrected chi connectivity index (χ2v) is 4.73. The molecule has 0 radical (unpaired) electrons. The fraction of sp³-hybridized carbons (Fsp3) is 0.267. The molecule has 0 aliphatic carbocycles. The van der Waals surface area contributed by atoms with Crippen LogP contribution in [-0.2, 0) is 6.42 Å². The second kappa shape index (κ2) is 6.55. The Balaban J connectivity index is 1.93. The van der Waals surface area contributed by atoms with Gasteiger partial charge in [0.2, 0.25) is 0 Å². The standard InChI is InChI=1S/C15H16ClNO2/c1-11(18)13-2-3-15(14(16)10-13)19-9-6-12-4-7-17-8-5-12/h2-5,7-8,10-11,18H,6,9H2,1H3. The molecule has 1 aromatic heterocycles. The number of hydrogen-bond acceptors (Lipinski definition) is 3. The number of ether oxygens (including phenoxy) is 1. The summed E-state index contributed by atoms with van der Waals surface area (Å²) in [6.07, 6.45) is 3.81. The van der Waals surface area contributed by atoms with Gasteiger partial charge in [-0.25, -0.2) is 0 Å². The molecule has 1 atom stereocenters. The normalized spacial score (nSPS) is 12.2. The third-order valence-corrected chi connectivity index (χ3v) is 3.13. The molecule has 3 nitrogen and oxygen atoms in total. The van der Waals surface area contributed by atoms with Gasteiger partial charge in [-0.05, 0) is 42.3 Å². The van der Waals surface area contributed by atoms with Crippen molar-refractivity contribution in [3.05, 3.63) is 58.9 Å². The third kappa shape index (κ3) is 3.94. The van der Waals surface area contributed by atoms with Crippen molar-refractivity contribution in [3.63, 3.8) is 0 Å². The van der Waals surface area contributed by atoms with E-state index < -0.39 is 6.10 Å². The van der Waals surface area contributed by atoms with Gasteiger partial charge in [-0.2, -0.15) is 0 Å². The molecule has 0 fully saturated rings. The SMILES string of the molecule is CC(O)c1ccc(OCCc2ccncc2)c(Cl)c1. The summed E-state index contributed by atoms with van der Waals surface area (Å²) in [6.45, 7) is 2.26. The quantitative estimate of drug-likeness (QED) is 0.911. The summed E-state index contributed by atoms with van der Waals surface area (Å²) >= 11 is 6.11. The highest BCUT2D eigenvalue weighted by atomic mass is 35.5. The van der Waals surface area contributed by atoms with Crippen LogP contribution in [0.5, 0.6) is 5.75 Å². The van der Waals surface area contributed by atoms with Gasteiger partial charge in [-0.15, -0.1) is 0 Å². The van der Waals surface area contributed by atoms with Crippen LogP contribution in [0.1, 0.15) is 24.2 Å². The molecule has 0 saturated carbocycles. The number of hydrogen-bond donors (Lipinski definition) is 1. The van der Waals surface area contributed by atoms with Gasteiger partial charge in [-0.3, -0.25) is 4.98 Å². The number of pyridine rings is 1. The van der Waals surface area contributed by atoms with E-state index in [1.54, 1.807) is 31.5 Å². The molecule has 0 bridgehead atoms. The maximum Gasteiger partial charge on any atom is 0.137 e. The number of rotatable bonds is 5. The van der Waals surface area contributed by atoms with Gasteiger partial charge in [0.15, 0.2) is 0 Å². The minimum absolute atomic E-state index is 0.521. The van der Waals surface area contributed by atoms with E-state index in [1.165, 1.54) is 5.56 Å². The number of halogens is 1. The molecule has 0 spiro atoms. The van der Waals surface area contributed by atoms with Gasteiger partial charge in [0.25, 0.3) is 0 Å². The summed E-state index contributed by atoms with van der Waals surface area (Å²) < 4.78 is 5.64. The summed E-state index contributed by atoms with van der Waals surface area (Å²) in [6, 6.07) is 9.26. The van der Waals surface area contributed by atoms with E-state index in [4.69, 9.17) is 16.3 Å². The summed E-state index contributed by atoms with van der Waals surface area (Å²) in [5, 5.41) is 9.98. The lowest BCUT2D eigenvalue weighted by molar-refractivity contribution is 0.199. The Labute approximate surface area is 117 Å². The number of benzene rings is 1. The van der Waals surface area contributed by atoms with Crippen molar-refractivity contribution >= 4 is 11.6 Å². The van der Waals surface area contributed by atoms with Gasteiger partial charge in [0, 0.05) is 18.8 Å². The average molecular weight is 278 g/mol. The van der Waals surface area contributed by atoms with Gasteiger partial charge in [0.1, 0.15) is 5.75 Å². The Morgan fingerprint density at radius 1 is 1.26 bits per heavy atom. The Hall–Kier alpha value is -1.58. The molecule has 0 aliphatic rings. The lowest BCUT2D eigenvalue weighted by Crippen LogP contribution is -2.02. The lowest BCUT2D eigenvalue weighted by atomic mass is 10.1. The Bertz CT molecular complexity index is 529. The van der Waals surface area contributed by atoms with Crippen LogP contribution < -0.4 is 4.74 Å². The van der Waals surface area contributed by atoms with Crippen LogP contribution in [0.3, 0.4) is 0 Å². The molecule has 0 amide bonds. The second-order valence-electron chi connectivity index (χ2n) is 4.32. The molecule has 2 rings (SSSR count). The fourth-order valence-electron chi connectivity index (χ4n) is 1.72. The van der Waals surface area contributed by atoms with Crippen LogP contribution in [0.25, 0.3) is 0 Å². The monoisotopic (exact) mass is 277 g/mol. The summed E-state index contributed by atoms with van der Waals surface area (Å²) in [4.78, 5) is 3.97. The molecular formula is C15H16ClNO2. The summed E-state index contributed by atoms with van der Waals surface area (Å²) in [5.74, 6) is 0.639.